The molecule has 0 aromatic carbocycles. The molecule has 0 aromatic heterocycles. The van der Waals surface area contributed by atoms with Gasteiger partial charge in [0.2, 0.25) is 11.8 Å². The molecule has 0 aliphatic rings. The molecule has 156 valence electrons. The maximum absolute atomic E-state index is 11.7. The molecule has 0 heterocycles. The zero-order chi connectivity index (χ0) is 19.8. The summed E-state index contributed by atoms with van der Waals surface area (Å²) in [6, 6.07) is -1.34. The van der Waals surface area contributed by atoms with Crippen LogP contribution in [0.1, 0.15) is 60.6 Å². The van der Waals surface area contributed by atoms with Crippen molar-refractivity contribution < 1.29 is 125 Å². The van der Waals surface area contributed by atoms with E-state index in [0.717, 1.165) is 12.8 Å². The van der Waals surface area contributed by atoms with Crippen LogP contribution in [-0.4, -0.2) is 54.6 Å². The molecule has 0 radical (unpaired) electrons. The topological polar surface area (TPSA) is 174 Å². The van der Waals surface area contributed by atoms with Gasteiger partial charge in [-0.3, -0.25) is 14.4 Å². The molecule has 28 heavy (non-hydrogen) atoms. The Labute approximate surface area is 256 Å². The van der Waals surface area contributed by atoms with E-state index in [9.17, 15) is 14.4 Å². The number of carboxylic acid groups (broad SMARTS) is 1. The van der Waals surface area contributed by atoms with E-state index in [1.807, 2.05) is 0 Å². The first-order chi connectivity index (χ1) is 12.4. The van der Waals surface area contributed by atoms with Crippen LogP contribution in [0.5, 0.6) is 0 Å². The van der Waals surface area contributed by atoms with E-state index in [1.165, 1.54) is 0 Å². The van der Waals surface area contributed by atoms with Crippen molar-refractivity contribution in [2.45, 2.75) is 69.9 Å². The molecular weight excluding hydrogens is 416 g/mol. The van der Waals surface area contributed by atoms with Crippen molar-refractivity contribution in [1.29, 1.82) is 0 Å². The van der Waals surface area contributed by atoms with Crippen LogP contribution in [0.4, 0.5) is 0 Å². The van der Waals surface area contributed by atoms with Gasteiger partial charge in [0, 0.05) is 19.5 Å². The van der Waals surface area contributed by atoms with Gasteiger partial charge in [-0.25, -0.2) is 0 Å². The smallest absolute Gasteiger partial charge is 1.00 e. The van der Waals surface area contributed by atoms with Crippen LogP contribution >= 0.6 is 0 Å². The van der Waals surface area contributed by atoms with Crippen molar-refractivity contribution in [2.24, 2.45) is 17.2 Å². The summed E-state index contributed by atoms with van der Waals surface area (Å²) in [6.45, 7) is 1.62. The van der Waals surface area contributed by atoms with Crippen LogP contribution in [0.25, 0.3) is 0 Å². The zero-order valence-corrected chi connectivity index (χ0v) is 23.8. The number of rotatable bonds is 16. The van der Waals surface area contributed by atoms with Crippen molar-refractivity contribution in [3.8, 4) is 0 Å². The summed E-state index contributed by atoms with van der Waals surface area (Å²) in [5.74, 6) is -1.21. The quantitative estimate of drug-likeness (QED) is 0.0995. The van der Waals surface area contributed by atoms with E-state index in [0.29, 0.717) is 64.6 Å². The Hall–Kier alpha value is 1.56. The number of carbonyl (C=O) groups excluding carboxylic acids is 2. The third-order valence-corrected chi connectivity index (χ3v) is 4.02. The van der Waals surface area contributed by atoms with Crippen molar-refractivity contribution in [3.63, 3.8) is 0 Å². The molecule has 0 aliphatic heterocycles. The van der Waals surface area contributed by atoms with Gasteiger partial charge >= 0.3 is 109 Å². The van der Waals surface area contributed by atoms with Crippen molar-refractivity contribution in [2.75, 3.05) is 19.6 Å². The summed E-state index contributed by atoms with van der Waals surface area (Å²) in [5.41, 5.74) is 16.6. The SMILES string of the molecule is NCCCC[C@H](N)C(=O)NCCCCC(=O)NCCCC[C@H](N)C(=O)O.[H-].[H-].[K+].[K+]. The van der Waals surface area contributed by atoms with Gasteiger partial charge in [-0.2, -0.15) is 0 Å². The Morgan fingerprint density at radius 1 is 0.821 bits per heavy atom. The molecule has 2 atom stereocenters. The number of carboxylic acids is 1. The van der Waals surface area contributed by atoms with E-state index in [-0.39, 0.29) is 117 Å². The molecule has 0 aliphatic carbocycles. The molecule has 0 aromatic rings. The van der Waals surface area contributed by atoms with Gasteiger partial charge in [0.05, 0.1) is 6.04 Å². The Kier molecular flexibility index (Phi) is 28.4. The molecule has 9 N–H and O–H groups in total. The molecule has 0 saturated heterocycles. The average molecular weight is 454 g/mol. The van der Waals surface area contributed by atoms with E-state index in [1.54, 1.807) is 0 Å². The van der Waals surface area contributed by atoms with Gasteiger partial charge in [0.15, 0.2) is 0 Å². The molecule has 0 saturated carbocycles. The molecule has 11 heteroatoms. The number of nitrogens with two attached hydrogens (primary N) is 3. The summed E-state index contributed by atoms with van der Waals surface area (Å²) >= 11 is 0. The second-order valence-electron chi connectivity index (χ2n) is 6.43. The summed E-state index contributed by atoms with van der Waals surface area (Å²) in [4.78, 5) is 33.9. The molecule has 0 fully saturated rings. The van der Waals surface area contributed by atoms with Crippen LogP contribution in [-0.2, 0) is 14.4 Å². The number of hydrogen-bond acceptors (Lipinski definition) is 6. The second kappa shape index (κ2) is 23.2. The first kappa shape index (κ1) is 34.2. The molecule has 2 amide bonds. The third-order valence-electron chi connectivity index (χ3n) is 4.02. The van der Waals surface area contributed by atoms with E-state index >= 15 is 0 Å². The fourth-order valence-electron chi connectivity index (χ4n) is 2.32. The van der Waals surface area contributed by atoms with Crippen LogP contribution in [0.3, 0.4) is 0 Å². The normalized spacial score (nSPS) is 12.1. The zero-order valence-electron chi connectivity index (χ0n) is 19.5. The number of carbonyl (C=O) groups is 3. The van der Waals surface area contributed by atoms with Crippen LogP contribution in [0, 0.1) is 0 Å². The first-order valence-electron chi connectivity index (χ1n) is 9.37. The molecule has 9 nitrogen and oxygen atoms in total. The second-order valence-corrected chi connectivity index (χ2v) is 6.43. The Morgan fingerprint density at radius 2 is 1.36 bits per heavy atom. The molecule has 0 unspecified atom stereocenters. The minimum atomic E-state index is -1.00. The van der Waals surface area contributed by atoms with Crippen molar-refractivity contribution in [3.05, 3.63) is 0 Å². The molecule has 0 bridgehead atoms. The maximum atomic E-state index is 11.7. The average Bonchev–Trinajstić information content (AvgIpc) is 2.60. The Bertz CT molecular complexity index is 441. The largest absolute Gasteiger partial charge is 1.00 e. The molecule has 0 spiro atoms. The number of aliphatic carboxylic acids is 1. The summed E-state index contributed by atoms with van der Waals surface area (Å²) in [5, 5.41) is 14.2. The first-order valence-corrected chi connectivity index (χ1v) is 9.37. The van der Waals surface area contributed by atoms with Gasteiger partial charge in [0.1, 0.15) is 6.04 Å². The predicted octanol–water partition coefficient (Wildman–Crippen LogP) is -6.34. The summed E-state index contributed by atoms with van der Waals surface area (Å²) in [7, 11) is 0. The fourth-order valence-corrected chi connectivity index (χ4v) is 2.32. The minimum Gasteiger partial charge on any atom is -1.00 e. The van der Waals surface area contributed by atoms with Gasteiger partial charge in [-0.1, -0.05) is 6.42 Å². The van der Waals surface area contributed by atoms with Crippen LogP contribution < -0.4 is 131 Å². The van der Waals surface area contributed by atoms with E-state index in [4.69, 9.17) is 22.3 Å². The van der Waals surface area contributed by atoms with E-state index < -0.39 is 18.1 Å². The van der Waals surface area contributed by atoms with Crippen LogP contribution in [0.15, 0.2) is 0 Å². The Morgan fingerprint density at radius 3 is 1.96 bits per heavy atom. The minimum absolute atomic E-state index is 0. The van der Waals surface area contributed by atoms with Crippen molar-refractivity contribution in [1.82, 2.24) is 10.6 Å². The predicted molar refractivity (Wildman–Crippen MR) is 102 cm³/mol. The van der Waals surface area contributed by atoms with E-state index in [2.05, 4.69) is 10.6 Å². The fraction of sp³-hybridized carbons (Fsp3) is 0.824. The summed E-state index contributed by atoms with van der Waals surface area (Å²) < 4.78 is 0. The number of nitrogens with one attached hydrogen (secondary N) is 2. The maximum Gasteiger partial charge on any atom is 1.00 e. The Balaban J connectivity index is -0.000000521. The summed E-state index contributed by atoms with van der Waals surface area (Å²) in [6.07, 6.45) is 5.88. The standard InChI is InChI=1S/C17H35N5O4.2K.2H/c18-10-4-1-7-13(19)16(24)22-12-6-3-9-15(23)21-11-5-2-8-14(20)17(25)26;;;;/h13-14H,1-12,18-20H2,(H,21,23)(H,22,24)(H,25,26);;;;/q;2*+1;2*-1/t13-,14-;;;;/m0..../s1. The van der Waals surface area contributed by atoms with Gasteiger partial charge in [-0.15, -0.1) is 0 Å². The molecular formula is C17H37K2N5O4. The van der Waals surface area contributed by atoms with Gasteiger partial charge < -0.3 is 35.8 Å². The van der Waals surface area contributed by atoms with Gasteiger partial charge in [-0.05, 0) is 51.5 Å². The number of unbranched alkanes of at least 4 members (excludes halogenated alkanes) is 3. The number of hydrogen-bond donors (Lipinski definition) is 6. The monoisotopic (exact) mass is 453 g/mol. The van der Waals surface area contributed by atoms with Crippen molar-refractivity contribution >= 4 is 17.8 Å². The van der Waals surface area contributed by atoms with Crippen LogP contribution in [0.2, 0.25) is 0 Å². The van der Waals surface area contributed by atoms with Gasteiger partial charge in [0.25, 0.3) is 0 Å². The third kappa shape index (κ3) is 20.8. The number of amides is 2. The molecule has 0 rings (SSSR count).